The molecule has 41 heavy (non-hydrogen) atoms. The van der Waals surface area contributed by atoms with E-state index in [2.05, 4.69) is 40.8 Å². The number of aryl methyl sites for hydroxylation is 1. The van der Waals surface area contributed by atoms with Crippen LogP contribution in [-0.4, -0.2) is 64.9 Å². The van der Waals surface area contributed by atoms with Crippen molar-refractivity contribution in [3.8, 4) is 11.4 Å². The highest BCUT2D eigenvalue weighted by molar-refractivity contribution is 5.90. The second-order valence-corrected chi connectivity index (χ2v) is 10.9. The number of amides is 1. The molecule has 1 aliphatic heterocycles. The van der Waals surface area contributed by atoms with E-state index in [9.17, 15) is 18.0 Å². The van der Waals surface area contributed by atoms with Crippen LogP contribution in [0.3, 0.4) is 0 Å². The maximum atomic E-state index is 13.4. The molecule has 0 aliphatic carbocycles. The number of hydrogen-bond donors (Lipinski definition) is 2. The van der Waals surface area contributed by atoms with Gasteiger partial charge in [0.05, 0.1) is 24.5 Å². The third kappa shape index (κ3) is 6.85. The molecular formula is C26H29F3N10O2. The van der Waals surface area contributed by atoms with E-state index in [0.29, 0.717) is 34.1 Å². The van der Waals surface area contributed by atoms with Crippen LogP contribution in [0.15, 0.2) is 41.4 Å². The molecule has 2 N–H and O–H groups in total. The zero-order chi connectivity index (χ0) is 29.4. The number of alkyl halides is 3. The summed E-state index contributed by atoms with van der Waals surface area (Å²) >= 11 is 0. The summed E-state index contributed by atoms with van der Waals surface area (Å²) < 4.78 is 47.0. The molecule has 1 aliphatic rings. The number of anilines is 2. The maximum absolute atomic E-state index is 13.4. The number of carbonyl (C=O) groups is 1. The molecule has 4 heterocycles. The van der Waals surface area contributed by atoms with Crippen molar-refractivity contribution in [3.63, 3.8) is 0 Å². The Morgan fingerprint density at radius 3 is 2.66 bits per heavy atom. The van der Waals surface area contributed by atoms with Gasteiger partial charge in [-0.05, 0) is 23.6 Å². The molecule has 0 unspecified atom stereocenters. The first kappa shape index (κ1) is 28.1. The molecule has 0 bridgehead atoms. The molecule has 12 nitrogen and oxygen atoms in total. The predicted molar refractivity (Wildman–Crippen MR) is 141 cm³/mol. The minimum absolute atomic E-state index is 0.0251. The highest BCUT2D eigenvalue weighted by Crippen LogP contribution is 2.32. The smallest absolute Gasteiger partial charge is 0.342 e. The lowest BCUT2D eigenvalue weighted by atomic mass is 9.96. The summed E-state index contributed by atoms with van der Waals surface area (Å²) in [6, 6.07) is 4.72. The number of nitrogens with zero attached hydrogens (tertiary/aromatic N) is 8. The Kier molecular flexibility index (Phi) is 7.46. The molecular weight excluding hydrogens is 541 g/mol. The maximum Gasteiger partial charge on any atom is 0.401 e. The second kappa shape index (κ2) is 10.9. The monoisotopic (exact) mass is 570 g/mol. The van der Waals surface area contributed by atoms with E-state index in [-0.39, 0.29) is 31.3 Å². The van der Waals surface area contributed by atoms with Gasteiger partial charge < -0.3 is 15.2 Å². The lowest BCUT2D eigenvalue weighted by Gasteiger charge is -2.22. The lowest BCUT2D eigenvalue weighted by molar-refractivity contribution is -0.147. The number of aromatic nitrogens is 7. The quantitative estimate of drug-likeness (QED) is 0.350. The molecule has 0 fully saturated rings. The van der Waals surface area contributed by atoms with E-state index in [0.717, 1.165) is 0 Å². The van der Waals surface area contributed by atoms with Crippen LogP contribution < -0.4 is 10.6 Å². The SMILES string of the molecule is Cn1cc(Nc2ncnc(-c3ccc4c(c3)CN(CC(F)(F)F)CC[C@@H]4NC(=O)c3noc(C(C)(C)C)n3)n2)cn1. The van der Waals surface area contributed by atoms with E-state index in [4.69, 9.17) is 4.52 Å². The zero-order valence-electron chi connectivity index (χ0n) is 22.9. The number of nitrogens with one attached hydrogen (secondary N) is 2. The predicted octanol–water partition coefficient (Wildman–Crippen LogP) is 3.94. The Hall–Kier alpha value is -4.40. The first-order chi connectivity index (χ1) is 19.3. The molecule has 0 saturated carbocycles. The van der Waals surface area contributed by atoms with Crippen LogP contribution in [-0.2, 0) is 19.0 Å². The number of halogens is 3. The van der Waals surface area contributed by atoms with Crippen LogP contribution in [0.4, 0.5) is 24.8 Å². The van der Waals surface area contributed by atoms with Gasteiger partial charge in [-0.2, -0.15) is 28.2 Å². The minimum atomic E-state index is -4.38. The molecule has 1 aromatic carbocycles. The molecule has 216 valence electrons. The van der Waals surface area contributed by atoms with Gasteiger partial charge in [0.15, 0.2) is 5.82 Å². The molecule has 5 rings (SSSR count). The fourth-order valence-corrected chi connectivity index (χ4v) is 4.50. The molecule has 0 spiro atoms. The Morgan fingerprint density at radius 1 is 1.17 bits per heavy atom. The van der Waals surface area contributed by atoms with Gasteiger partial charge in [-0.3, -0.25) is 14.4 Å². The first-order valence-electron chi connectivity index (χ1n) is 12.9. The normalized spacial score (nSPS) is 16.2. The Morgan fingerprint density at radius 2 is 1.98 bits per heavy atom. The molecule has 15 heteroatoms. The van der Waals surface area contributed by atoms with Crippen molar-refractivity contribution in [1.29, 1.82) is 0 Å². The van der Waals surface area contributed by atoms with E-state index >= 15 is 0 Å². The Labute approximate surface area is 233 Å². The van der Waals surface area contributed by atoms with Crippen LogP contribution in [0.25, 0.3) is 11.4 Å². The minimum Gasteiger partial charge on any atom is -0.342 e. The fourth-order valence-electron chi connectivity index (χ4n) is 4.50. The van der Waals surface area contributed by atoms with Crippen LogP contribution in [0, 0.1) is 0 Å². The molecule has 3 aromatic heterocycles. The van der Waals surface area contributed by atoms with Gasteiger partial charge in [-0.15, -0.1) is 0 Å². The van der Waals surface area contributed by atoms with Crippen LogP contribution in [0.5, 0.6) is 0 Å². The van der Waals surface area contributed by atoms with Gasteiger partial charge in [-0.25, -0.2) is 9.97 Å². The highest BCUT2D eigenvalue weighted by atomic mass is 19.4. The van der Waals surface area contributed by atoms with Crippen molar-refractivity contribution >= 4 is 17.5 Å². The van der Waals surface area contributed by atoms with Gasteiger partial charge in [0.25, 0.3) is 11.7 Å². The highest BCUT2D eigenvalue weighted by Gasteiger charge is 2.34. The van der Waals surface area contributed by atoms with Crippen molar-refractivity contribution in [3.05, 3.63) is 59.8 Å². The first-order valence-corrected chi connectivity index (χ1v) is 12.9. The molecule has 0 radical (unpaired) electrons. The van der Waals surface area contributed by atoms with E-state index in [1.54, 1.807) is 42.3 Å². The Balaban J connectivity index is 1.43. The molecule has 0 saturated heterocycles. The van der Waals surface area contributed by atoms with Gasteiger partial charge in [-0.1, -0.05) is 38.1 Å². The fraction of sp³-hybridized carbons (Fsp3) is 0.423. The number of benzene rings is 1. The number of fused-ring (bicyclic) bond motifs is 1. The molecule has 1 atom stereocenters. The van der Waals surface area contributed by atoms with E-state index < -0.39 is 30.1 Å². The largest absolute Gasteiger partial charge is 0.401 e. The van der Waals surface area contributed by atoms with Gasteiger partial charge in [0.1, 0.15) is 6.33 Å². The van der Waals surface area contributed by atoms with Crippen molar-refractivity contribution in [2.75, 3.05) is 18.4 Å². The lowest BCUT2D eigenvalue weighted by Crippen LogP contribution is -2.35. The van der Waals surface area contributed by atoms with Crippen LogP contribution >= 0.6 is 0 Å². The summed E-state index contributed by atoms with van der Waals surface area (Å²) in [4.78, 5) is 31.4. The second-order valence-electron chi connectivity index (χ2n) is 10.9. The van der Waals surface area contributed by atoms with Crippen molar-refractivity contribution in [2.24, 2.45) is 7.05 Å². The summed E-state index contributed by atoms with van der Waals surface area (Å²) in [6.45, 7) is 4.68. The average molecular weight is 571 g/mol. The summed E-state index contributed by atoms with van der Waals surface area (Å²) in [6.07, 6.45) is 0.601. The van der Waals surface area contributed by atoms with Crippen LogP contribution in [0.2, 0.25) is 0 Å². The summed E-state index contributed by atoms with van der Waals surface area (Å²) in [5.41, 5.74) is 2.13. The molecule has 1 amide bonds. The van der Waals surface area contributed by atoms with Gasteiger partial charge >= 0.3 is 6.18 Å². The Bertz CT molecular complexity index is 1540. The summed E-state index contributed by atoms with van der Waals surface area (Å²) in [5, 5.41) is 13.8. The molecule has 4 aromatic rings. The van der Waals surface area contributed by atoms with E-state index in [1.165, 1.54) is 11.2 Å². The van der Waals surface area contributed by atoms with Crippen LogP contribution in [0.1, 0.15) is 60.9 Å². The average Bonchev–Trinajstić information content (AvgIpc) is 3.52. The number of hydrogen-bond acceptors (Lipinski definition) is 10. The third-order valence-corrected chi connectivity index (χ3v) is 6.42. The van der Waals surface area contributed by atoms with Crippen molar-refractivity contribution in [1.82, 2.24) is 45.1 Å². The van der Waals surface area contributed by atoms with Gasteiger partial charge in [0.2, 0.25) is 11.8 Å². The topological polar surface area (TPSA) is 140 Å². The summed E-state index contributed by atoms with van der Waals surface area (Å²) in [7, 11) is 1.78. The number of carbonyl (C=O) groups excluding carboxylic acids is 1. The van der Waals surface area contributed by atoms with E-state index in [1.807, 2.05) is 20.8 Å². The van der Waals surface area contributed by atoms with Gasteiger partial charge in [0, 0.05) is 37.3 Å². The number of rotatable bonds is 6. The standard InChI is InChI=1S/C26H29F3N10O2/c1-25(2,3)23-35-21(37-41-23)22(40)34-19-7-8-39(13-26(27,28)29)11-16-9-15(5-6-18(16)19)20-30-14-31-24(36-20)33-17-10-32-38(4)12-17/h5-6,9-10,12,14,19H,7-8,11,13H2,1-4H3,(H,34,40)(H,30,31,33,36)/t19-/m0/s1. The van der Waals surface area contributed by atoms with Crippen molar-refractivity contribution < 1.29 is 22.5 Å². The van der Waals surface area contributed by atoms with Crippen molar-refractivity contribution in [2.45, 2.75) is 51.4 Å². The third-order valence-electron chi connectivity index (χ3n) is 6.42. The zero-order valence-corrected chi connectivity index (χ0v) is 22.9. The summed E-state index contributed by atoms with van der Waals surface area (Å²) in [5.74, 6) is 0.222.